The van der Waals surface area contributed by atoms with Crippen LogP contribution < -0.4 is 10.1 Å². The number of hydrogen-bond acceptors (Lipinski definition) is 6. The number of Topliss-reactive ketones (excluding diaryl/α,β-unsaturated/α-hetero) is 1. The molecule has 36 heavy (non-hydrogen) atoms. The molecule has 1 aliphatic heterocycles. The summed E-state index contributed by atoms with van der Waals surface area (Å²) in [7, 11) is 1.60. The van der Waals surface area contributed by atoms with Gasteiger partial charge in [-0.1, -0.05) is 23.4 Å². The molecule has 1 aliphatic rings. The number of benzene rings is 2. The van der Waals surface area contributed by atoms with Crippen LogP contribution in [0.4, 0.5) is 4.79 Å². The fraction of sp³-hybridized carbons (Fsp3) is 0.259. The first-order valence-electron chi connectivity index (χ1n) is 11.5. The number of aromatic nitrogens is 2. The summed E-state index contributed by atoms with van der Waals surface area (Å²) in [5, 5.41) is 8.67. The van der Waals surface area contributed by atoms with Gasteiger partial charge >= 0.3 is 6.03 Å². The van der Waals surface area contributed by atoms with Crippen molar-refractivity contribution in [3.63, 3.8) is 0 Å². The Balaban J connectivity index is 1.41. The van der Waals surface area contributed by atoms with Gasteiger partial charge in [-0.2, -0.15) is 0 Å². The SMILES string of the molecule is COc1ccc2cc(C3(C)NC(=O)N(CC(=O)c4cc(C)n(-c5cc(C)on5)c4C)C3=O)ccc2c1. The van der Waals surface area contributed by atoms with Crippen molar-refractivity contribution in [3.05, 3.63) is 76.8 Å². The van der Waals surface area contributed by atoms with E-state index in [1.807, 2.05) is 41.8 Å². The molecule has 0 saturated carbocycles. The monoisotopic (exact) mass is 486 g/mol. The Hall–Kier alpha value is -4.40. The maximum Gasteiger partial charge on any atom is 0.325 e. The number of amides is 3. The highest BCUT2D eigenvalue weighted by Gasteiger charge is 2.49. The van der Waals surface area contributed by atoms with Gasteiger partial charge in [0.15, 0.2) is 11.6 Å². The van der Waals surface area contributed by atoms with Crippen LogP contribution in [0.25, 0.3) is 16.6 Å². The van der Waals surface area contributed by atoms with Gasteiger partial charge in [-0.05, 0) is 68.3 Å². The number of rotatable bonds is 6. The van der Waals surface area contributed by atoms with E-state index in [1.54, 1.807) is 46.1 Å². The summed E-state index contributed by atoms with van der Waals surface area (Å²) in [6, 6.07) is 14.1. The molecule has 0 bridgehead atoms. The molecule has 2 aromatic carbocycles. The van der Waals surface area contributed by atoms with Crippen LogP contribution in [0.1, 0.15) is 40.0 Å². The fourth-order valence-electron chi connectivity index (χ4n) is 4.78. The van der Waals surface area contributed by atoms with E-state index >= 15 is 0 Å². The van der Waals surface area contributed by atoms with Crippen LogP contribution >= 0.6 is 0 Å². The van der Waals surface area contributed by atoms with Crippen LogP contribution in [0.5, 0.6) is 5.75 Å². The molecular formula is C27H26N4O5. The first-order chi connectivity index (χ1) is 17.1. The lowest BCUT2D eigenvalue weighted by molar-refractivity contribution is -0.130. The third-order valence-corrected chi connectivity index (χ3v) is 6.78. The van der Waals surface area contributed by atoms with Gasteiger partial charge in [0, 0.05) is 23.0 Å². The van der Waals surface area contributed by atoms with Crippen molar-refractivity contribution >= 4 is 28.5 Å². The lowest BCUT2D eigenvalue weighted by Crippen LogP contribution is -2.41. The van der Waals surface area contributed by atoms with Crippen molar-refractivity contribution in [1.82, 2.24) is 19.9 Å². The van der Waals surface area contributed by atoms with Gasteiger partial charge in [-0.25, -0.2) is 4.79 Å². The lowest BCUT2D eigenvalue weighted by Gasteiger charge is -2.22. The van der Waals surface area contributed by atoms with E-state index in [-0.39, 0.29) is 12.3 Å². The first kappa shape index (κ1) is 23.3. The summed E-state index contributed by atoms with van der Waals surface area (Å²) in [6.45, 7) is 6.73. The number of nitrogens with one attached hydrogen (secondary N) is 1. The number of hydrogen-bond donors (Lipinski definition) is 1. The van der Waals surface area contributed by atoms with E-state index in [0.29, 0.717) is 28.4 Å². The number of urea groups is 1. The van der Waals surface area contributed by atoms with Crippen LogP contribution in [-0.2, 0) is 10.3 Å². The summed E-state index contributed by atoms with van der Waals surface area (Å²) in [6.07, 6.45) is 0. The average Bonchev–Trinajstić information content (AvgIpc) is 3.48. The van der Waals surface area contributed by atoms with E-state index in [0.717, 1.165) is 27.1 Å². The third kappa shape index (κ3) is 3.64. The Morgan fingerprint density at radius 3 is 2.47 bits per heavy atom. The molecule has 184 valence electrons. The number of imide groups is 1. The van der Waals surface area contributed by atoms with E-state index in [4.69, 9.17) is 9.26 Å². The molecular weight excluding hydrogens is 460 g/mol. The van der Waals surface area contributed by atoms with Gasteiger partial charge in [0.2, 0.25) is 0 Å². The first-order valence-corrected chi connectivity index (χ1v) is 11.5. The Labute approximate surface area is 207 Å². The molecule has 1 fully saturated rings. The number of nitrogens with zero attached hydrogens (tertiary/aromatic N) is 3. The van der Waals surface area contributed by atoms with Crippen LogP contribution in [0.15, 0.2) is 53.1 Å². The molecule has 5 rings (SSSR count). The van der Waals surface area contributed by atoms with Crippen LogP contribution in [0.2, 0.25) is 0 Å². The maximum atomic E-state index is 13.5. The molecule has 3 heterocycles. The second-order valence-electron chi connectivity index (χ2n) is 9.21. The summed E-state index contributed by atoms with van der Waals surface area (Å²) < 4.78 is 12.3. The maximum absolute atomic E-state index is 13.5. The average molecular weight is 487 g/mol. The summed E-state index contributed by atoms with van der Waals surface area (Å²) in [5.41, 5.74) is 1.21. The normalized spacial score (nSPS) is 17.6. The minimum absolute atomic E-state index is 0.340. The van der Waals surface area contributed by atoms with E-state index in [2.05, 4.69) is 10.5 Å². The summed E-state index contributed by atoms with van der Waals surface area (Å²) >= 11 is 0. The van der Waals surface area contributed by atoms with Crippen molar-refractivity contribution in [2.24, 2.45) is 0 Å². The van der Waals surface area contributed by atoms with E-state index in [1.165, 1.54) is 0 Å². The van der Waals surface area contributed by atoms with E-state index in [9.17, 15) is 14.4 Å². The number of methoxy groups -OCH3 is 1. The smallest absolute Gasteiger partial charge is 0.325 e. The molecule has 1 saturated heterocycles. The molecule has 2 aromatic heterocycles. The molecule has 3 amide bonds. The lowest BCUT2D eigenvalue weighted by atomic mass is 9.90. The van der Waals surface area contributed by atoms with Crippen molar-refractivity contribution in [2.75, 3.05) is 13.7 Å². The van der Waals surface area contributed by atoms with Crippen molar-refractivity contribution < 1.29 is 23.6 Å². The predicted molar refractivity (Wildman–Crippen MR) is 132 cm³/mol. The molecule has 1 atom stereocenters. The van der Waals surface area contributed by atoms with Crippen molar-refractivity contribution in [3.8, 4) is 11.6 Å². The van der Waals surface area contributed by atoms with Gasteiger partial charge < -0.3 is 14.6 Å². The van der Waals surface area contributed by atoms with Gasteiger partial charge in [0.1, 0.15) is 17.0 Å². The van der Waals surface area contributed by atoms with E-state index < -0.39 is 17.5 Å². The molecule has 1 N–H and O–H groups in total. The van der Waals surface area contributed by atoms with Crippen LogP contribution in [0.3, 0.4) is 0 Å². The Kier molecular flexibility index (Phi) is 5.43. The molecule has 0 spiro atoms. The number of carbonyl (C=O) groups excluding carboxylic acids is 3. The molecule has 0 aliphatic carbocycles. The van der Waals surface area contributed by atoms with Gasteiger partial charge in [0.05, 0.1) is 13.7 Å². The van der Waals surface area contributed by atoms with Crippen LogP contribution in [-0.4, -0.2) is 46.0 Å². The Morgan fingerprint density at radius 1 is 1.06 bits per heavy atom. The number of aryl methyl sites for hydroxylation is 2. The summed E-state index contributed by atoms with van der Waals surface area (Å²) in [4.78, 5) is 40.6. The van der Waals surface area contributed by atoms with Gasteiger partial charge in [0.25, 0.3) is 5.91 Å². The zero-order valence-electron chi connectivity index (χ0n) is 20.7. The molecule has 4 aromatic rings. The Morgan fingerprint density at radius 2 is 1.78 bits per heavy atom. The topological polar surface area (TPSA) is 107 Å². The Bertz CT molecular complexity index is 1550. The zero-order chi connectivity index (χ0) is 25.8. The highest BCUT2D eigenvalue weighted by atomic mass is 16.5. The number of ether oxygens (including phenoxy) is 1. The number of carbonyl (C=O) groups is 3. The number of ketones is 1. The molecule has 1 unspecified atom stereocenters. The standard InChI is InChI=1S/C27H26N4O5/c1-15-10-22(17(3)31(15)24-11-16(2)36-29-24)23(32)14-30-25(33)27(4,28-26(30)34)20-8-6-19-13-21(35-5)9-7-18(19)12-20/h6-13H,14H2,1-5H3,(H,28,34). The largest absolute Gasteiger partial charge is 0.497 e. The number of fused-ring (bicyclic) bond motifs is 1. The highest BCUT2D eigenvalue weighted by molar-refractivity contribution is 6.11. The second kappa shape index (κ2) is 8.37. The predicted octanol–water partition coefficient (Wildman–Crippen LogP) is 4.20. The van der Waals surface area contributed by atoms with Crippen LogP contribution in [0, 0.1) is 20.8 Å². The minimum Gasteiger partial charge on any atom is -0.497 e. The van der Waals surface area contributed by atoms with Gasteiger partial charge in [-0.15, -0.1) is 0 Å². The minimum atomic E-state index is -1.29. The molecule has 9 nitrogen and oxygen atoms in total. The fourth-order valence-corrected chi connectivity index (χ4v) is 4.78. The summed E-state index contributed by atoms with van der Waals surface area (Å²) in [5.74, 6) is 1.13. The third-order valence-electron chi connectivity index (χ3n) is 6.78. The molecule has 9 heteroatoms. The zero-order valence-corrected chi connectivity index (χ0v) is 20.7. The van der Waals surface area contributed by atoms with Crippen molar-refractivity contribution in [2.45, 2.75) is 33.2 Å². The second-order valence-corrected chi connectivity index (χ2v) is 9.21. The van der Waals surface area contributed by atoms with Crippen molar-refractivity contribution in [1.29, 1.82) is 0 Å². The highest BCUT2D eigenvalue weighted by Crippen LogP contribution is 2.32. The van der Waals surface area contributed by atoms with Gasteiger partial charge in [-0.3, -0.25) is 19.1 Å². The molecule has 0 radical (unpaired) electrons. The quantitative estimate of drug-likeness (QED) is 0.323.